The molecule has 29 heavy (non-hydrogen) atoms. The van der Waals surface area contributed by atoms with Crippen LogP contribution in [0.2, 0.25) is 0 Å². The summed E-state index contributed by atoms with van der Waals surface area (Å²) >= 11 is 0. The van der Waals surface area contributed by atoms with Crippen LogP contribution in [-0.2, 0) is 11.2 Å². The van der Waals surface area contributed by atoms with Gasteiger partial charge in [0.05, 0.1) is 0 Å². The zero-order valence-corrected chi connectivity index (χ0v) is 17.3. The van der Waals surface area contributed by atoms with Gasteiger partial charge >= 0.3 is 0 Å². The summed E-state index contributed by atoms with van der Waals surface area (Å²) < 4.78 is 0. The molecule has 0 unspecified atom stereocenters. The minimum absolute atomic E-state index is 0.156. The molecule has 0 radical (unpaired) electrons. The van der Waals surface area contributed by atoms with Gasteiger partial charge in [0.2, 0.25) is 0 Å². The highest BCUT2D eigenvalue weighted by Crippen LogP contribution is 2.23. The number of carbonyl (C=O) groups excluding carboxylic acids is 1. The van der Waals surface area contributed by atoms with E-state index in [1.54, 1.807) is 6.20 Å². The van der Waals surface area contributed by atoms with Crippen molar-refractivity contribution in [2.75, 3.05) is 24.5 Å². The van der Waals surface area contributed by atoms with E-state index < -0.39 is 0 Å². The summed E-state index contributed by atoms with van der Waals surface area (Å²) in [6.45, 7) is 6.18. The largest absolute Gasteiger partial charge is 0.347 e. The van der Waals surface area contributed by atoms with Crippen molar-refractivity contribution in [2.24, 2.45) is 5.92 Å². The van der Waals surface area contributed by atoms with Crippen LogP contribution in [0.4, 0.5) is 5.69 Å². The van der Waals surface area contributed by atoms with E-state index in [9.17, 15) is 10.1 Å². The second kappa shape index (κ2) is 9.93. The van der Waals surface area contributed by atoms with Crippen LogP contribution in [0.5, 0.6) is 0 Å². The molecule has 0 N–H and O–H groups in total. The van der Waals surface area contributed by atoms with Gasteiger partial charge in [0, 0.05) is 31.5 Å². The molecule has 0 atom stereocenters. The molecule has 1 amide bonds. The zero-order valence-electron chi connectivity index (χ0n) is 17.3. The number of hydrogen-bond donors (Lipinski definition) is 0. The number of carbonyl (C=O) groups is 1. The third-order valence-electron chi connectivity index (χ3n) is 5.58. The van der Waals surface area contributed by atoms with E-state index in [4.69, 9.17) is 0 Å². The quantitative estimate of drug-likeness (QED) is 0.533. The Morgan fingerprint density at radius 1 is 1.17 bits per heavy atom. The Hall–Kier alpha value is -3.06. The van der Waals surface area contributed by atoms with Crippen molar-refractivity contribution in [2.45, 2.75) is 33.1 Å². The number of aryl methyl sites for hydroxylation is 1. The summed E-state index contributed by atoms with van der Waals surface area (Å²) in [4.78, 5) is 16.8. The normalized spacial score (nSPS) is 15.1. The lowest BCUT2D eigenvalue weighted by molar-refractivity contribution is -0.128. The van der Waals surface area contributed by atoms with Gasteiger partial charge in [-0.1, -0.05) is 42.5 Å². The van der Waals surface area contributed by atoms with Crippen molar-refractivity contribution in [3.05, 3.63) is 77.5 Å². The van der Waals surface area contributed by atoms with E-state index >= 15 is 0 Å². The van der Waals surface area contributed by atoms with Crippen molar-refractivity contribution in [1.29, 1.82) is 5.26 Å². The Labute approximate surface area is 174 Å². The fourth-order valence-electron chi connectivity index (χ4n) is 3.90. The molecule has 1 saturated heterocycles. The highest BCUT2D eigenvalue weighted by atomic mass is 16.2. The molecule has 1 aliphatic rings. The van der Waals surface area contributed by atoms with Gasteiger partial charge in [0.15, 0.2) is 0 Å². The van der Waals surface area contributed by atoms with Crippen LogP contribution in [0.3, 0.4) is 0 Å². The molecule has 0 bridgehead atoms. The monoisotopic (exact) mass is 387 g/mol. The van der Waals surface area contributed by atoms with Crippen molar-refractivity contribution >= 4 is 11.6 Å². The summed E-state index contributed by atoms with van der Waals surface area (Å²) in [5, 5.41) is 9.63. The van der Waals surface area contributed by atoms with Crippen LogP contribution in [0, 0.1) is 24.2 Å². The molecular weight excluding hydrogens is 358 g/mol. The Bertz CT molecular complexity index is 890. The predicted molar refractivity (Wildman–Crippen MR) is 117 cm³/mol. The Kier molecular flexibility index (Phi) is 7.08. The van der Waals surface area contributed by atoms with Crippen LogP contribution < -0.4 is 4.90 Å². The van der Waals surface area contributed by atoms with Crippen molar-refractivity contribution in [3.63, 3.8) is 0 Å². The molecule has 2 aromatic rings. The maximum absolute atomic E-state index is 13.0. The van der Waals surface area contributed by atoms with Gasteiger partial charge in [0.1, 0.15) is 11.6 Å². The molecule has 4 nitrogen and oxygen atoms in total. The van der Waals surface area contributed by atoms with E-state index in [1.807, 2.05) is 47.9 Å². The molecule has 1 heterocycles. The summed E-state index contributed by atoms with van der Waals surface area (Å²) in [6.07, 6.45) is 4.72. The number of likely N-dealkylation sites (tertiary alicyclic amines) is 1. The van der Waals surface area contributed by atoms with Gasteiger partial charge in [-0.25, -0.2) is 0 Å². The van der Waals surface area contributed by atoms with Crippen LogP contribution in [0.25, 0.3) is 0 Å². The van der Waals surface area contributed by atoms with Crippen molar-refractivity contribution in [3.8, 4) is 6.07 Å². The third-order valence-corrected chi connectivity index (χ3v) is 5.58. The molecule has 0 spiro atoms. The first-order valence-corrected chi connectivity index (χ1v) is 10.4. The summed E-state index contributed by atoms with van der Waals surface area (Å²) in [6, 6.07) is 20.7. The van der Waals surface area contributed by atoms with Gasteiger partial charge in [0.25, 0.3) is 5.91 Å². The first-order valence-electron chi connectivity index (χ1n) is 10.4. The van der Waals surface area contributed by atoms with E-state index in [2.05, 4.69) is 36.4 Å². The predicted octanol–water partition coefficient (Wildman–Crippen LogP) is 4.71. The van der Waals surface area contributed by atoms with E-state index in [-0.39, 0.29) is 11.5 Å². The van der Waals surface area contributed by atoms with Crippen LogP contribution in [0.15, 0.2) is 66.4 Å². The molecular formula is C25H29N3O. The van der Waals surface area contributed by atoms with Crippen molar-refractivity contribution in [1.82, 2.24) is 4.90 Å². The Balaban J connectivity index is 1.64. The number of hydrogen-bond acceptors (Lipinski definition) is 3. The summed E-state index contributed by atoms with van der Waals surface area (Å²) in [7, 11) is 0. The second-order valence-electron chi connectivity index (χ2n) is 7.70. The Morgan fingerprint density at radius 3 is 2.52 bits per heavy atom. The lowest BCUT2D eigenvalue weighted by atomic mass is 9.90. The van der Waals surface area contributed by atoms with Gasteiger partial charge < -0.3 is 9.80 Å². The molecule has 2 aromatic carbocycles. The standard InChI is InChI=1S/C25H29N3O/c1-3-27(24-11-7-8-20(2)16-24)19-23(18-26)25(29)28-14-12-22(13-15-28)17-21-9-5-4-6-10-21/h4-11,16,19,22H,3,12-15,17H2,1-2H3/b23-19-. The van der Waals surface area contributed by atoms with Gasteiger partial charge in [-0.3, -0.25) is 4.79 Å². The maximum atomic E-state index is 13.0. The highest BCUT2D eigenvalue weighted by Gasteiger charge is 2.25. The number of piperidine rings is 1. The van der Waals surface area contributed by atoms with E-state index in [0.29, 0.717) is 25.6 Å². The van der Waals surface area contributed by atoms with Gasteiger partial charge in [-0.2, -0.15) is 5.26 Å². The second-order valence-corrected chi connectivity index (χ2v) is 7.70. The van der Waals surface area contributed by atoms with Gasteiger partial charge in [-0.05, 0) is 62.3 Å². The minimum atomic E-state index is -0.156. The Morgan fingerprint density at radius 2 is 1.90 bits per heavy atom. The molecule has 1 aliphatic heterocycles. The van der Waals surface area contributed by atoms with Crippen LogP contribution in [0.1, 0.15) is 30.9 Å². The molecule has 0 aromatic heterocycles. The van der Waals surface area contributed by atoms with Gasteiger partial charge in [-0.15, -0.1) is 0 Å². The topological polar surface area (TPSA) is 47.3 Å². The molecule has 150 valence electrons. The average Bonchev–Trinajstić information content (AvgIpc) is 2.75. The number of benzene rings is 2. The minimum Gasteiger partial charge on any atom is -0.347 e. The third kappa shape index (κ3) is 5.48. The highest BCUT2D eigenvalue weighted by molar-refractivity contribution is 5.97. The van der Waals surface area contributed by atoms with E-state index in [1.165, 1.54) is 5.56 Å². The first kappa shape index (κ1) is 20.7. The van der Waals surface area contributed by atoms with Crippen molar-refractivity contribution < 1.29 is 4.79 Å². The summed E-state index contributed by atoms with van der Waals surface area (Å²) in [5.74, 6) is 0.437. The maximum Gasteiger partial charge on any atom is 0.266 e. The number of nitrogens with zero attached hydrogens (tertiary/aromatic N) is 3. The fraction of sp³-hybridized carbons (Fsp3) is 0.360. The fourth-order valence-corrected chi connectivity index (χ4v) is 3.90. The van der Waals surface area contributed by atoms with Crippen LogP contribution >= 0.6 is 0 Å². The zero-order chi connectivity index (χ0) is 20.6. The number of nitriles is 1. The molecule has 4 heteroatoms. The number of amides is 1. The van der Waals surface area contributed by atoms with Crippen LogP contribution in [-0.4, -0.2) is 30.4 Å². The SMILES string of the molecule is CCN(/C=C(/C#N)C(=O)N1CCC(Cc2ccccc2)CC1)c1cccc(C)c1. The lowest BCUT2D eigenvalue weighted by Gasteiger charge is -2.32. The lowest BCUT2D eigenvalue weighted by Crippen LogP contribution is -2.40. The molecule has 1 fully saturated rings. The molecule has 0 aliphatic carbocycles. The smallest absolute Gasteiger partial charge is 0.266 e. The summed E-state index contributed by atoms with van der Waals surface area (Å²) in [5.41, 5.74) is 3.70. The number of anilines is 1. The molecule has 0 saturated carbocycles. The number of rotatable bonds is 6. The average molecular weight is 388 g/mol. The molecule has 3 rings (SSSR count). The first-order chi connectivity index (χ1) is 14.1. The van der Waals surface area contributed by atoms with E-state index in [0.717, 1.165) is 30.5 Å².